The van der Waals surface area contributed by atoms with Crippen molar-refractivity contribution in [3.63, 3.8) is 0 Å². The van der Waals surface area contributed by atoms with Crippen molar-refractivity contribution in [2.24, 2.45) is 0 Å². The number of aromatic nitrogens is 2. The van der Waals surface area contributed by atoms with E-state index in [0.717, 1.165) is 44.3 Å². The molecule has 2 aliphatic rings. The first-order chi connectivity index (χ1) is 11.7. The zero-order valence-electron chi connectivity index (χ0n) is 14.4. The summed E-state index contributed by atoms with van der Waals surface area (Å²) in [5.41, 5.74) is 2.68. The van der Waals surface area contributed by atoms with Crippen LogP contribution in [0.3, 0.4) is 0 Å². The van der Waals surface area contributed by atoms with E-state index in [1.807, 2.05) is 18.5 Å². The Morgan fingerprint density at radius 3 is 2.62 bits per heavy atom. The molecule has 2 aromatic rings. The van der Waals surface area contributed by atoms with Crippen LogP contribution in [0.25, 0.3) is 0 Å². The molecule has 3 heterocycles. The third-order valence-electron chi connectivity index (χ3n) is 5.11. The number of anilines is 1. The maximum absolute atomic E-state index is 5.92. The average molecular weight is 324 g/mol. The highest BCUT2D eigenvalue weighted by atomic mass is 16.5. The molecule has 5 nitrogen and oxygen atoms in total. The highest BCUT2D eigenvalue weighted by Crippen LogP contribution is 2.33. The summed E-state index contributed by atoms with van der Waals surface area (Å²) in [6.45, 7) is 8.39. The summed E-state index contributed by atoms with van der Waals surface area (Å²) in [7, 11) is 0. The minimum absolute atomic E-state index is 0.306. The van der Waals surface area contributed by atoms with Crippen molar-refractivity contribution < 1.29 is 4.74 Å². The quantitative estimate of drug-likeness (QED) is 0.868. The molecule has 2 unspecified atom stereocenters. The van der Waals surface area contributed by atoms with Crippen LogP contribution < -0.4 is 9.64 Å². The Bertz CT molecular complexity index is 698. The Balaban J connectivity index is 1.42. The molecule has 2 aliphatic heterocycles. The molecule has 0 radical (unpaired) electrons. The highest BCUT2D eigenvalue weighted by Gasteiger charge is 2.25. The predicted octanol–water partition coefficient (Wildman–Crippen LogP) is 2.68. The molecule has 126 valence electrons. The van der Waals surface area contributed by atoms with Gasteiger partial charge < -0.3 is 9.64 Å². The van der Waals surface area contributed by atoms with Gasteiger partial charge >= 0.3 is 0 Å². The molecule has 0 bridgehead atoms. The van der Waals surface area contributed by atoms with E-state index in [1.165, 1.54) is 11.1 Å². The van der Waals surface area contributed by atoms with Gasteiger partial charge in [0.25, 0.3) is 0 Å². The maximum Gasteiger partial charge on any atom is 0.225 e. The molecule has 1 aromatic carbocycles. The normalized spacial score (nSPS) is 22.1. The van der Waals surface area contributed by atoms with E-state index in [4.69, 9.17) is 4.74 Å². The van der Waals surface area contributed by atoms with Crippen LogP contribution in [0.2, 0.25) is 0 Å². The number of hydrogen-bond donors (Lipinski definition) is 0. The van der Waals surface area contributed by atoms with Crippen molar-refractivity contribution >= 4 is 5.95 Å². The summed E-state index contributed by atoms with van der Waals surface area (Å²) in [5, 5.41) is 0. The van der Waals surface area contributed by atoms with Gasteiger partial charge in [0.15, 0.2) is 0 Å². The van der Waals surface area contributed by atoms with Gasteiger partial charge in [-0.05, 0) is 37.1 Å². The number of rotatable bonds is 3. The molecule has 5 heteroatoms. The molecular formula is C19H24N4O. The van der Waals surface area contributed by atoms with Crippen LogP contribution in [0.15, 0.2) is 36.7 Å². The van der Waals surface area contributed by atoms with Crippen LogP contribution in [0.4, 0.5) is 5.95 Å². The Kier molecular flexibility index (Phi) is 4.10. The molecule has 1 saturated heterocycles. The summed E-state index contributed by atoms with van der Waals surface area (Å²) in [6.07, 6.45) is 4.95. The topological polar surface area (TPSA) is 41.5 Å². The van der Waals surface area contributed by atoms with Crippen LogP contribution in [-0.4, -0.2) is 47.2 Å². The standard InChI is InChI=1S/C19H24N4O/c1-14-12-17-5-4-16(13-18(17)24-14)15(2)22-8-10-23(11-9-22)19-20-6-3-7-21-19/h3-7,13-15H,8-12H2,1-2H3. The predicted molar refractivity (Wildman–Crippen MR) is 94.5 cm³/mol. The summed E-state index contributed by atoms with van der Waals surface area (Å²) in [6, 6.07) is 8.99. The fraction of sp³-hybridized carbons (Fsp3) is 0.474. The summed E-state index contributed by atoms with van der Waals surface area (Å²) >= 11 is 0. The lowest BCUT2D eigenvalue weighted by Crippen LogP contribution is -2.47. The van der Waals surface area contributed by atoms with Crippen LogP contribution in [0, 0.1) is 0 Å². The molecule has 0 N–H and O–H groups in total. The summed E-state index contributed by atoms with van der Waals surface area (Å²) in [5.74, 6) is 1.91. The molecular weight excluding hydrogens is 300 g/mol. The van der Waals surface area contributed by atoms with E-state index in [-0.39, 0.29) is 0 Å². The number of piperazine rings is 1. The van der Waals surface area contributed by atoms with Crippen molar-refractivity contribution in [1.29, 1.82) is 0 Å². The van der Waals surface area contributed by atoms with Crippen molar-refractivity contribution in [3.8, 4) is 5.75 Å². The second-order valence-corrected chi connectivity index (χ2v) is 6.75. The van der Waals surface area contributed by atoms with E-state index in [9.17, 15) is 0 Å². The zero-order valence-corrected chi connectivity index (χ0v) is 14.4. The molecule has 0 saturated carbocycles. The van der Waals surface area contributed by atoms with Crippen molar-refractivity contribution in [1.82, 2.24) is 14.9 Å². The third kappa shape index (κ3) is 2.96. The van der Waals surface area contributed by atoms with Gasteiger partial charge in [-0.3, -0.25) is 4.90 Å². The molecule has 1 fully saturated rings. The Labute approximate surface area is 143 Å². The molecule has 0 aliphatic carbocycles. The minimum Gasteiger partial charge on any atom is -0.490 e. The third-order valence-corrected chi connectivity index (χ3v) is 5.11. The van der Waals surface area contributed by atoms with Crippen LogP contribution in [0.5, 0.6) is 5.75 Å². The molecule has 0 spiro atoms. The monoisotopic (exact) mass is 324 g/mol. The summed E-state index contributed by atoms with van der Waals surface area (Å²) < 4.78 is 5.92. The number of nitrogens with zero attached hydrogens (tertiary/aromatic N) is 4. The molecule has 24 heavy (non-hydrogen) atoms. The minimum atomic E-state index is 0.306. The van der Waals surface area contributed by atoms with Crippen molar-refractivity contribution in [2.45, 2.75) is 32.4 Å². The van der Waals surface area contributed by atoms with Gasteiger partial charge in [-0.1, -0.05) is 12.1 Å². The highest BCUT2D eigenvalue weighted by molar-refractivity contribution is 5.42. The van der Waals surface area contributed by atoms with Gasteiger partial charge in [0.05, 0.1) is 0 Å². The van der Waals surface area contributed by atoms with E-state index in [0.29, 0.717) is 12.1 Å². The fourth-order valence-electron chi connectivity index (χ4n) is 3.65. The second kappa shape index (κ2) is 6.40. The number of benzene rings is 1. The fourth-order valence-corrected chi connectivity index (χ4v) is 3.65. The lowest BCUT2D eigenvalue weighted by atomic mass is 10.0. The number of hydrogen-bond acceptors (Lipinski definition) is 5. The van der Waals surface area contributed by atoms with Gasteiger partial charge in [0, 0.05) is 51.0 Å². The SMILES string of the molecule is CC1Cc2ccc(C(C)N3CCN(c4ncccn4)CC3)cc2O1. The first-order valence-corrected chi connectivity index (χ1v) is 8.76. The van der Waals surface area contributed by atoms with E-state index < -0.39 is 0 Å². The molecule has 1 aromatic heterocycles. The largest absolute Gasteiger partial charge is 0.490 e. The van der Waals surface area contributed by atoms with Crippen LogP contribution >= 0.6 is 0 Å². The second-order valence-electron chi connectivity index (χ2n) is 6.75. The zero-order chi connectivity index (χ0) is 16.5. The van der Waals surface area contributed by atoms with E-state index in [2.05, 4.69) is 51.8 Å². The van der Waals surface area contributed by atoms with E-state index in [1.54, 1.807) is 0 Å². The Morgan fingerprint density at radius 2 is 1.88 bits per heavy atom. The molecule has 2 atom stereocenters. The molecule has 4 rings (SSSR count). The van der Waals surface area contributed by atoms with Crippen LogP contribution in [-0.2, 0) is 6.42 Å². The van der Waals surface area contributed by atoms with Gasteiger partial charge in [-0.15, -0.1) is 0 Å². The van der Waals surface area contributed by atoms with Gasteiger partial charge in [-0.25, -0.2) is 9.97 Å². The summed E-state index contributed by atoms with van der Waals surface area (Å²) in [4.78, 5) is 13.5. The number of fused-ring (bicyclic) bond motifs is 1. The van der Waals surface area contributed by atoms with E-state index >= 15 is 0 Å². The molecule has 0 amide bonds. The first kappa shape index (κ1) is 15.4. The van der Waals surface area contributed by atoms with Gasteiger partial charge in [0.1, 0.15) is 11.9 Å². The van der Waals surface area contributed by atoms with Gasteiger partial charge in [0.2, 0.25) is 5.95 Å². The van der Waals surface area contributed by atoms with Crippen LogP contribution in [0.1, 0.15) is 31.0 Å². The first-order valence-electron chi connectivity index (χ1n) is 8.76. The Hall–Kier alpha value is -2.14. The lowest BCUT2D eigenvalue weighted by Gasteiger charge is -2.38. The Morgan fingerprint density at radius 1 is 1.12 bits per heavy atom. The lowest BCUT2D eigenvalue weighted by molar-refractivity contribution is 0.197. The maximum atomic E-state index is 5.92. The average Bonchev–Trinajstić information content (AvgIpc) is 3.01. The van der Waals surface area contributed by atoms with Gasteiger partial charge in [-0.2, -0.15) is 0 Å². The number of ether oxygens (including phenoxy) is 1. The van der Waals surface area contributed by atoms with Crippen molar-refractivity contribution in [3.05, 3.63) is 47.8 Å². The smallest absolute Gasteiger partial charge is 0.225 e. The van der Waals surface area contributed by atoms with Crippen molar-refractivity contribution in [2.75, 3.05) is 31.1 Å².